The average Bonchev–Trinajstić information content (AvgIpc) is 3.54. The number of rotatable bonds is 6. The van der Waals surface area contributed by atoms with Crippen molar-refractivity contribution in [2.75, 3.05) is 6.54 Å². The zero-order valence-electron chi connectivity index (χ0n) is 23.3. The molecule has 5 aromatic rings. The van der Waals surface area contributed by atoms with Crippen molar-refractivity contribution in [2.24, 2.45) is 0 Å². The number of carbonyl (C=O) groups excluding carboxylic acids is 1. The number of urea groups is 1. The third kappa shape index (κ3) is 4.81. The summed E-state index contributed by atoms with van der Waals surface area (Å²) in [6.45, 7) is 7.45. The van der Waals surface area contributed by atoms with Gasteiger partial charge in [-0.2, -0.15) is 5.10 Å². The molecule has 0 saturated carbocycles. The number of nitrogens with one attached hydrogen (secondary N) is 1. The van der Waals surface area contributed by atoms with Crippen molar-refractivity contribution in [1.82, 2.24) is 24.6 Å². The third-order valence-corrected chi connectivity index (χ3v) is 7.80. The van der Waals surface area contributed by atoms with Crippen molar-refractivity contribution in [2.45, 2.75) is 45.7 Å². The normalized spacial score (nSPS) is 14.5. The van der Waals surface area contributed by atoms with Crippen molar-refractivity contribution >= 4 is 6.03 Å². The molecule has 6 rings (SSSR count). The van der Waals surface area contributed by atoms with Crippen LogP contribution in [-0.4, -0.2) is 31.8 Å². The Balaban J connectivity index is 1.43. The molecule has 6 heteroatoms. The van der Waals surface area contributed by atoms with Crippen LogP contribution in [0.5, 0.6) is 0 Å². The summed E-state index contributed by atoms with van der Waals surface area (Å²) in [6.07, 6.45) is 2.86. The lowest BCUT2D eigenvalue weighted by molar-refractivity contribution is 0.180. The van der Waals surface area contributed by atoms with Gasteiger partial charge in [0.2, 0.25) is 0 Å². The minimum Gasteiger partial charge on any atom is -0.338 e. The van der Waals surface area contributed by atoms with Crippen molar-refractivity contribution in [1.29, 1.82) is 0 Å². The lowest BCUT2D eigenvalue weighted by Gasteiger charge is -2.31. The zero-order valence-corrected chi connectivity index (χ0v) is 23.3. The first-order valence-electron chi connectivity index (χ1n) is 14.0. The molecule has 2 amide bonds. The Morgan fingerprint density at radius 3 is 2.33 bits per heavy atom. The molecule has 0 radical (unpaired) electrons. The minimum absolute atomic E-state index is 0.0821. The molecule has 1 atom stereocenters. The van der Waals surface area contributed by atoms with E-state index in [1.54, 1.807) is 0 Å². The highest BCUT2D eigenvalue weighted by Crippen LogP contribution is 2.38. The Kier molecular flexibility index (Phi) is 6.99. The first-order chi connectivity index (χ1) is 19.5. The van der Waals surface area contributed by atoms with Gasteiger partial charge in [-0.15, -0.1) is 0 Å². The van der Waals surface area contributed by atoms with Gasteiger partial charge in [-0.1, -0.05) is 86.6 Å². The predicted octanol–water partition coefficient (Wildman–Crippen LogP) is 6.95. The first-order valence-corrected chi connectivity index (χ1v) is 14.0. The Morgan fingerprint density at radius 2 is 1.62 bits per heavy atom. The summed E-state index contributed by atoms with van der Waals surface area (Å²) >= 11 is 0. The zero-order chi connectivity index (χ0) is 27.6. The Labute approximate surface area is 235 Å². The maximum atomic E-state index is 14.0. The topological polar surface area (TPSA) is 55.1 Å². The third-order valence-electron chi connectivity index (χ3n) is 7.80. The van der Waals surface area contributed by atoms with Crippen LogP contribution < -0.4 is 5.32 Å². The van der Waals surface area contributed by atoms with Gasteiger partial charge >= 0.3 is 6.03 Å². The van der Waals surface area contributed by atoms with Crippen LogP contribution in [0.25, 0.3) is 11.5 Å². The van der Waals surface area contributed by atoms with E-state index in [9.17, 15) is 4.79 Å². The molecule has 40 heavy (non-hydrogen) atoms. The predicted molar refractivity (Wildman–Crippen MR) is 159 cm³/mol. The quantitative estimate of drug-likeness (QED) is 0.259. The van der Waals surface area contributed by atoms with Gasteiger partial charge in [-0.25, -0.2) is 9.48 Å². The number of hydrogen-bond donors (Lipinski definition) is 1. The molecule has 0 bridgehead atoms. The fraction of sp³-hybridized carbons (Fsp3) is 0.235. The molecule has 0 spiro atoms. The monoisotopic (exact) mass is 529 g/mol. The van der Waals surface area contributed by atoms with E-state index in [0.717, 1.165) is 40.4 Å². The molecule has 0 unspecified atom stereocenters. The van der Waals surface area contributed by atoms with E-state index in [2.05, 4.69) is 90.6 Å². The average molecular weight is 530 g/mol. The number of carbonyl (C=O) groups is 1. The van der Waals surface area contributed by atoms with E-state index in [1.807, 2.05) is 52.9 Å². The van der Waals surface area contributed by atoms with E-state index in [-0.39, 0.29) is 12.1 Å². The van der Waals surface area contributed by atoms with Gasteiger partial charge in [-0.05, 0) is 60.2 Å². The maximum Gasteiger partial charge on any atom is 0.318 e. The van der Waals surface area contributed by atoms with E-state index in [4.69, 9.17) is 5.10 Å². The van der Waals surface area contributed by atoms with Gasteiger partial charge in [0.15, 0.2) is 0 Å². The van der Waals surface area contributed by atoms with Crippen LogP contribution in [0.4, 0.5) is 4.79 Å². The summed E-state index contributed by atoms with van der Waals surface area (Å²) in [4.78, 5) is 16.0. The number of hydrogen-bond acceptors (Lipinski definition) is 2. The fourth-order valence-corrected chi connectivity index (χ4v) is 5.62. The molecule has 0 fully saturated rings. The number of amides is 2. The standard InChI is InChI=1S/C34H35N5O/c1-24(2)27-16-18-28(19-17-27)32-31-15-10-22-37(31)33-30(25(3)36-39(33)29-13-8-5-9-14-29)23-38(32)34(40)35-21-20-26-11-6-4-7-12-26/h4-19,22,24,32H,20-21,23H2,1-3H3,(H,35,40)/t32-/m0/s1. The van der Waals surface area contributed by atoms with Crippen molar-refractivity contribution in [3.8, 4) is 11.5 Å². The van der Waals surface area contributed by atoms with E-state index >= 15 is 0 Å². The fourth-order valence-electron chi connectivity index (χ4n) is 5.62. The number of nitrogens with zero attached hydrogens (tertiary/aromatic N) is 4. The van der Waals surface area contributed by atoms with Crippen LogP contribution in [0.15, 0.2) is 103 Å². The lowest BCUT2D eigenvalue weighted by atomic mass is 9.97. The summed E-state index contributed by atoms with van der Waals surface area (Å²) in [7, 11) is 0. The highest BCUT2D eigenvalue weighted by atomic mass is 16.2. The number of benzene rings is 3. The molecule has 0 aliphatic carbocycles. The highest BCUT2D eigenvalue weighted by molar-refractivity contribution is 5.76. The second-order valence-electron chi connectivity index (χ2n) is 10.8. The van der Waals surface area contributed by atoms with Crippen LogP contribution >= 0.6 is 0 Å². The molecule has 6 nitrogen and oxygen atoms in total. The molecule has 3 heterocycles. The SMILES string of the molecule is Cc1nn(-c2ccccc2)c2c1CN(C(=O)NCCc1ccccc1)[C@@H](c1ccc(C(C)C)cc1)c1cccn1-2. The summed E-state index contributed by atoms with van der Waals surface area (Å²) in [6, 6.07) is 33.0. The van der Waals surface area contributed by atoms with Gasteiger partial charge in [0.1, 0.15) is 5.82 Å². The van der Waals surface area contributed by atoms with Gasteiger partial charge in [-0.3, -0.25) is 0 Å². The molecular weight excluding hydrogens is 494 g/mol. The van der Waals surface area contributed by atoms with E-state index in [0.29, 0.717) is 19.0 Å². The van der Waals surface area contributed by atoms with Crippen molar-refractivity contribution in [3.05, 3.63) is 137 Å². The molecular formula is C34H35N5O. The molecule has 1 aliphatic heterocycles. The van der Waals surface area contributed by atoms with Crippen LogP contribution in [0, 0.1) is 6.92 Å². The molecule has 1 N–H and O–H groups in total. The highest BCUT2D eigenvalue weighted by Gasteiger charge is 2.35. The van der Waals surface area contributed by atoms with Gasteiger partial charge < -0.3 is 14.8 Å². The molecule has 202 valence electrons. The summed E-state index contributed by atoms with van der Waals surface area (Å²) in [5, 5.41) is 8.16. The number of aryl methyl sites for hydroxylation is 1. The van der Waals surface area contributed by atoms with Gasteiger partial charge in [0.25, 0.3) is 0 Å². The Hall–Kier alpha value is -4.58. The van der Waals surface area contributed by atoms with Crippen LogP contribution in [0.1, 0.15) is 59.4 Å². The summed E-state index contributed by atoms with van der Waals surface area (Å²) < 4.78 is 4.21. The number of fused-ring (bicyclic) bond motifs is 3. The van der Waals surface area contributed by atoms with E-state index < -0.39 is 0 Å². The molecule has 3 aromatic carbocycles. The molecule has 1 aliphatic rings. The first kappa shape index (κ1) is 25.7. The van der Waals surface area contributed by atoms with Crippen molar-refractivity contribution < 1.29 is 4.79 Å². The second kappa shape index (κ2) is 10.9. The summed E-state index contributed by atoms with van der Waals surface area (Å²) in [5.74, 6) is 1.42. The van der Waals surface area contributed by atoms with Crippen LogP contribution in [0.3, 0.4) is 0 Å². The Morgan fingerprint density at radius 1 is 0.925 bits per heavy atom. The van der Waals surface area contributed by atoms with Gasteiger partial charge in [0, 0.05) is 18.3 Å². The Bertz CT molecular complexity index is 1600. The van der Waals surface area contributed by atoms with Crippen LogP contribution in [-0.2, 0) is 13.0 Å². The van der Waals surface area contributed by atoms with Crippen LogP contribution in [0.2, 0.25) is 0 Å². The maximum absolute atomic E-state index is 14.0. The van der Waals surface area contributed by atoms with Gasteiger partial charge in [0.05, 0.1) is 29.7 Å². The largest absolute Gasteiger partial charge is 0.338 e. The molecule has 0 saturated heterocycles. The number of aromatic nitrogens is 3. The number of para-hydroxylation sites is 1. The second-order valence-corrected chi connectivity index (χ2v) is 10.8. The lowest BCUT2D eigenvalue weighted by Crippen LogP contribution is -2.42. The smallest absolute Gasteiger partial charge is 0.318 e. The minimum atomic E-state index is -0.260. The van der Waals surface area contributed by atoms with Crippen molar-refractivity contribution in [3.63, 3.8) is 0 Å². The van der Waals surface area contributed by atoms with E-state index in [1.165, 1.54) is 11.1 Å². The summed E-state index contributed by atoms with van der Waals surface area (Å²) in [5.41, 5.74) is 7.55. The molecule has 2 aromatic heterocycles.